The smallest absolute Gasteiger partial charge is 0.251 e. The number of nitrogens with zero attached hydrogens (tertiary/aromatic N) is 1. The van der Waals surface area contributed by atoms with Crippen molar-refractivity contribution in [3.05, 3.63) is 59.5 Å². The number of hydrogen-bond donors (Lipinski definition) is 2. The molecule has 7 heteroatoms. The number of amides is 3. The highest BCUT2D eigenvalue weighted by atomic mass is 16.3. The van der Waals surface area contributed by atoms with E-state index in [2.05, 4.69) is 10.6 Å². The maximum Gasteiger partial charge on any atom is 0.251 e. The van der Waals surface area contributed by atoms with Gasteiger partial charge < -0.3 is 20.0 Å². The second-order valence-electron chi connectivity index (χ2n) is 7.69. The van der Waals surface area contributed by atoms with E-state index in [1.165, 1.54) is 0 Å². The summed E-state index contributed by atoms with van der Waals surface area (Å²) in [5.74, 6) is 0.204. The predicted octanol–water partition coefficient (Wildman–Crippen LogP) is 2.65. The first kappa shape index (κ1) is 21.6. The average molecular weight is 412 g/mol. The molecule has 0 saturated carbocycles. The first-order valence-corrected chi connectivity index (χ1v) is 10.4. The van der Waals surface area contributed by atoms with Crippen LogP contribution in [0.2, 0.25) is 0 Å². The Morgan fingerprint density at radius 3 is 2.43 bits per heavy atom. The summed E-state index contributed by atoms with van der Waals surface area (Å²) in [6, 6.07) is 10.1. The molecule has 1 aliphatic heterocycles. The molecule has 2 aromatic rings. The Morgan fingerprint density at radius 2 is 1.83 bits per heavy atom. The molecule has 0 radical (unpaired) electrons. The van der Waals surface area contributed by atoms with Gasteiger partial charge in [-0.1, -0.05) is 24.6 Å². The summed E-state index contributed by atoms with van der Waals surface area (Å²) in [7, 11) is 0. The molecular weight excluding hydrogens is 382 g/mol. The summed E-state index contributed by atoms with van der Waals surface area (Å²) >= 11 is 0. The molecular formula is C23H29N3O4. The first-order valence-electron chi connectivity index (χ1n) is 10.4. The minimum Gasteiger partial charge on any atom is -0.467 e. The van der Waals surface area contributed by atoms with Gasteiger partial charge >= 0.3 is 0 Å². The Balaban J connectivity index is 1.69. The molecule has 3 amide bonds. The van der Waals surface area contributed by atoms with Crippen LogP contribution in [0.1, 0.15) is 47.9 Å². The topological polar surface area (TPSA) is 91.7 Å². The maximum atomic E-state index is 13.0. The minimum absolute atomic E-state index is 0.0445. The summed E-state index contributed by atoms with van der Waals surface area (Å²) < 4.78 is 5.28. The number of carbonyl (C=O) groups is 3. The Hall–Kier alpha value is -3.09. The van der Waals surface area contributed by atoms with Crippen molar-refractivity contribution in [3.8, 4) is 0 Å². The van der Waals surface area contributed by atoms with E-state index in [-0.39, 0.29) is 30.2 Å². The van der Waals surface area contributed by atoms with Gasteiger partial charge in [-0.2, -0.15) is 0 Å². The predicted molar refractivity (Wildman–Crippen MR) is 113 cm³/mol. The molecule has 1 fully saturated rings. The zero-order chi connectivity index (χ0) is 21.5. The number of likely N-dealkylation sites (tertiary alicyclic amines) is 1. The van der Waals surface area contributed by atoms with Gasteiger partial charge in [-0.15, -0.1) is 0 Å². The van der Waals surface area contributed by atoms with E-state index in [1.807, 2.05) is 30.9 Å². The van der Waals surface area contributed by atoms with Gasteiger partial charge in [0.05, 0.1) is 12.8 Å². The molecule has 3 rings (SSSR count). The number of nitrogens with one attached hydrogen (secondary N) is 2. The zero-order valence-corrected chi connectivity index (χ0v) is 17.5. The average Bonchev–Trinajstić information content (AvgIpc) is 3.29. The number of rotatable bonds is 7. The molecule has 1 aromatic heterocycles. The molecule has 7 nitrogen and oxygen atoms in total. The molecule has 1 atom stereocenters. The van der Waals surface area contributed by atoms with Crippen LogP contribution in [0.5, 0.6) is 0 Å². The Bertz CT molecular complexity index is 853. The van der Waals surface area contributed by atoms with Crippen LogP contribution in [0.4, 0.5) is 0 Å². The van der Waals surface area contributed by atoms with Crippen LogP contribution in [0.15, 0.2) is 47.1 Å². The maximum absolute atomic E-state index is 13.0. The van der Waals surface area contributed by atoms with Crippen molar-refractivity contribution in [1.29, 1.82) is 0 Å². The monoisotopic (exact) mass is 411 g/mol. The summed E-state index contributed by atoms with van der Waals surface area (Å²) in [6.07, 6.45) is 3.36. The van der Waals surface area contributed by atoms with Crippen molar-refractivity contribution in [1.82, 2.24) is 15.5 Å². The third kappa shape index (κ3) is 5.49. The van der Waals surface area contributed by atoms with Crippen LogP contribution in [0, 0.1) is 12.8 Å². The van der Waals surface area contributed by atoms with Crippen LogP contribution >= 0.6 is 0 Å². The van der Waals surface area contributed by atoms with Crippen LogP contribution in [0.3, 0.4) is 0 Å². The summed E-state index contributed by atoms with van der Waals surface area (Å²) in [5, 5.41) is 5.79. The van der Waals surface area contributed by atoms with Crippen molar-refractivity contribution in [2.45, 2.75) is 45.7 Å². The minimum atomic E-state index is -0.673. The van der Waals surface area contributed by atoms with E-state index in [0.29, 0.717) is 43.7 Å². The second-order valence-corrected chi connectivity index (χ2v) is 7.69. The van der Waals surface area contributed by atoms with Gasteiger partial charge in [-0.25, -0.2) is 0 Å². The third-order valence-electron chi connectivity index (χ3n) is 5.57. The van der Waals surface area contributed by atoms with Gasteiger partial charge in [0.25, 0.3) is 5.91 Å². The molecule has 2 N–H and O–H groups in total. The van der Waals surface area contributed by atoms with Crippen molar-refractivity contribution >= 4 is 17.7 Å². The largest absolute Gasteiger partial charge is 0.467 e. The Morgan fingerprint density at radius 1 is 1.13 bits per heavy atom. The summed E-state index contributed by atoms with van der Waals surface area (Å²) in [5.41, 5.74) is 1.58. The van der Waals surface area contributed by atoms with E-state index >= 15 is 0 Å². The normalized spacial score (nSPS) is 15.5. The number of piperidine rings is 1. The van der Waals surface area contributed by atoms with E-state index < -0.39 is 6.04 Å². The standard InChI is InChI=1S/C23H29N3O4/c1-3-20(27)26-12-10-17(11-13-26)21(23(29)24-15-19-5-4-14-30-19)25-22(28)18-8-6-16(2)7-9-18/h4-9,14,17,21H,3,10-13,15H2,1-2H3,(H,24,29)(H,25,28)/t21-/m0/s1. The van der Waals surface area contributed by atoms with Gasteiger partial charge in [0, 0.05) is 25.1 Å². The molecule has 1 aromatic carbocycles. The number of hydrogen-bond acceptors (Lipinski definition) is 4. The van der Waals surface area contributed by atoms with Gasteiger partial charge in [0.2, 0.25) is 11.8 Å². The number of benzene rings is 1. The van der Waals surface area contributed by atoms with Gasteiger partial charge in [-0.05, 0) is 49.9 Å². The van der Waals surface area contributed by atoms with Crippen LogP contribution in [-0.4, -0.2) is 41.8 Å². The van der Waals surface area contributed by atoms with E-state index in [1.54, 1.807) is 30.5 Å². The van der Waals surface area contributed by atoms with Gasteiger partial charge in [0.15, 0.2) is 0 Å². The quantitative estimate of drug-likeness (QED) is 0.733. The van der Waals surface area contributed by atoms with Gasteiger partial charge in [-0.3, -0.25) is 14.4 Å². The molecule has 1 saturated heterocycles. The first-order chi connectivity index (χ1) is 14.5. The SMILES string of the molecule is CCC(=O)N1CCC([C@H](NC(=O)c2ccc(C)cc2)C(=O)NCc2ccco2)CC1. The van der Waals surface area contributed by atoms with Crippen molar-refractivity contribution in [2.75, 3.05) is 13.1 Å². The fourth-order valence-electron chi connectivity index (χ4n) is 3.73. The molecule has 0 bridgehead atoms. The second kappa shape index (κ2) is 10.1. The number of aryl methyl sites for hydroxylation is 1. The van der Waals surface area contributed by atoms with Crippen molar-refractivity contribution in [2.24, 2.45) is 5.92 Å². The lowest BCUT2D eigenvalue weighted by Gasteiger charge is -2.35. The molecule has 2 heterocycles. The van der Waals surface area contributed by atoms with Crippen molar-refractivity contribution in [3.63, 3.8) is 0 Å². The van der Waals surface area contributed by atoms with Crippen LogP contribution in [0.25, 0.3) is 0 Å². The molecule has 30 heavy (non-hydrogen) atoms. The fourth-order valence-corrected chi connectivity index (χ4v) is 3.73. The molecule has 160 valence electrons. The van der Waals surface area contributed by atoms with E-state index in [4.69, 9.17) is 4.42 Å². The molecule has 0 aliphatic carbocycles. The molecule has 0 spiro atoms. The number of carbonyl (C=O) groups excluding carboxylic acids is 3. The lowest BCUT2D eigenvalue weighted by atomic mass is 9.88. The highest BCUT2D eigenvalue weighted by Gasteiger charge is 2.33. The van der Waals surface area contributed by atoms with Gasteiger partial charge in [0.1, 0.15) is 11.8 Å². The van der Waals surface area contributed by atoms with Crippen molar-refractivity contribution < 1.29 is 18.8 Å². The lowest BCUT2D eigenvalue weighted by molar-refractivity contribution is -0.132. The molecule has 0 unspecified atom stereocenters. The van der Waals surface area contributed by atoms with E-state index in [0.717, 1.165) is 5.56 Å². The zero-order valence-electron chi connectivity index (χ0n) is 17.5. The highest BCUT2D eigenvalue weighted by Crippen LogP contribution is 2.22. The van der Waals surface area contributed by atoms with E-state index in [9.17, 15) is 14.4 Å². The highest BCUT2D eigenvalue weighted by molar-refractivity contribution is 5.97. The van der Waals surface area contributed by atoms with Crippen LogP contribution < -0.4 is 10.6 Å². The van der Waals surface area contributed by atoms with Crippen LogP contribution in [-0.2, 0) is 16.1 Å². The summed E-state index contributed by atoms with van der Waals surface area (Å²) in [6.45, 7) is 5.26. The Kier molecular flexibility index (Phi) is 7.27. The Labute approximate surface area is 176 Å². The lowest BCUT2D eigenvalue weighted by Crippen LogP contribution is -2.53. The molecule has 1 aliphatic rings. The number of furan rings is 1. The summed E-state index contributed by atoms with van der Waals surface area (Å²) in [4.78, 5) is 39.6. The fraction of sp³-hybridized carbons (Fsp3) is 0.435. The third-order valence-corrected chi connectivity index (χ3v) is 5.57.